The Bertz CT molecular complexity index is 1390. The number of likely N-dealkylation sites (tertiary alicyclic amines) is 1. The van der Waals surface area contributed by atoms with Gasteiger partial charge in [-0.2, -0.15) is 0 Å². The first-order valence-electron chi connectivity index (χ1n) is 14.9. The van der Waals surface area contributed by atoms with Crippen molar-refractivity contribution in [1.29, 1.82) is 0 Å². The highest BCUT2D eigenvalue weighted by Gasteiger charge is 2.45. The number of aryl methyl sites for hydroxylation is 1. The Morgan fingerprint density at radius 3 is 2.46 bits per heavy atom. The summed E-state index contributed by atoms with van der Waals surface area (Å²) in [5.74, 6) is 2.31. The number of aliphatic hydroxyl groups excluding tert-OH is 1. The molecule has 2 aliphatic carbocycles. The first kappa shape index (κ1) is 27.6. The second-order valence-corrected chi connectivity index (χ2v) is 12.9. The molecule has 41 heavy (non-hydrogen) atoms. The summed E-state index contributed by atoms with van der Waals surface area (Å²) in [4.78, 5) is 28.8. The summed E-state index contributed by atoms with van der Waals surface area (Å²) in [7, 11) is 0. The van der Waals surface area contributed by atoms with Gasteiger partial charge in [0.05, 0.1) is 11.8 Å². The van der Waals surface area contributed by atoms with Gasteiger partial charge < -0.3 is 15.3 Å². The fourth-order valence-corrected chi connectivity index (χ4v) is 5.86. The van der Waals surface area contributed by atoms with Gasteiger partial charge in [-0.1, -0.05) is 44.2 Å². The first-order chi connectivity index (χ1) is 19.7. The van der Waals surface area contributed by atoms with Gasteiger partial charge in [0.15, 0.2) is 0 Å². The lowest BCUT2D eigenvalue weighted by Gasteiger charge is -2.34. The van der Waals surface area contributed by atoms with Crippen molar-refractivity contribution in [3.63, 3.8) is 0 Å². The molecule has 2 N–H and O–H groups in total. The molecule has 3 aliphatic rings. The van der Waals surface area contributed by atoms with E-state index in [2.05, 4.69) is 42.5 Å². The fraction of sp³-hybridized carbons (Fsp3) is 0.600. The molecule has 1 saturated heterocycles. The largest absolute Gasteiger partial charge is 0.391 e. The van der Waals surface area contributed by atoms with E-state index in [1.54, 1.807) is 4.68 Å². The van der Waals surface area contributed by atoms with Crippen molar-refractivity contribution in [3.8, 4) is 5.69 Å². The number of nitrogens with one attached hydrogen (secondary N) is 1. The molecule has 218 valence electrons. The van der Waals surface area contributed by atoms with Crippen molar-refractivity contribution < 1.29 is 14.7 Å². The molecule has 11 heteroatoms. The minimum Gasteiger partial charge on any atom is -0.391 e. The molecule has 6 rings (SSSR count). The molecule has 3 aromatic rings. The highest BCUT2D eigenvalue weighted by Crippen LogP contribution is 2.41. The third kappa shape index (κ3) is 5.91. The highest BCUT2D eigenvalue weighted by atomic mass is 16.3. The van der Waals surface area contributed by atoms with Crippen LogP contribution in [0.2, 0.25) is 0 Å². The molecule has 2 aromatic heterocycles. The average Bonchev–Trinajstić information content (AvgIpc) is 3.85. The SMILES string of the molecule is CC(C)(C)[C@@H](C(=O)N1CC(O)CC1C(=O)NCCCc1nnc(C2CC2)n1-c1ccccc1)n1cc(C2CC2)nn1. The molecule has 2 amide bonds. The zero-order valence-electron chi connectivity index (χ0n) is 24.1. The summed E-state index contributed by atoms with van der Waals surface area (Å²) >= 11 is 0. The molecule has 3 atom stereocenters. The maximum atomic E-state index is 13.9. The topological polar surface area (TPSA) is 131 Å². The minimum absolute atomic E-state index is 0.123. The van der Waals surface area contributed by atoms with Crippen LogP contribution in [0.3, 0.4) is 0 Å². The molecule has 1 aliphatic heterocycles. The number of β-amino-alcohol motifs (C(OH)–C–C–N with tert-alkyl or cyclic N) is 1. The number of nitrogens with zero attached hydrogens (tertiary/aromatic N) is 7. The van der Waals surface area contributed by atoms with Gasteiger partial charge in [0.2, 0.25) is 11.8 Å². The van der Waals surface area contributed by atoms with Gasteiger partial charge in [-0.3, -0.25) is 14.2 Å². The number of carbonyl (C=O) groups excluding carboxylic acids is 2. The minimum atomic E-state index is -0.752. The van der Waals surface area contributed by atoms with Gasteiger partial charge >= 0.3 is 0 Å². The van der Waals surface area contributed by atoms with E-state index in [-0.39, 0.29) is 24.8 Å². The van der Waals surface area contributed by atoms with Crippen molar-refractivity contribution >= 4 is 11.8 Å². The van der Waals surface area contributed by atoms with Crippen molar-refractivity contribution in [2.24, 2.45) is 5.41 Å². The molecule has 11 nitrogen and oxygen atoms in total. The van der Waals surface area contributed by atoms with E-state index in [9.17, 15) is 14.7 Å². The van der Waals surface area contributed by atoms with Crippen LogP contribution in [0.5, 0.6) is 0 Å². The van der Waals surface area contributed by atoms with E-state index >= 15 is 0 Å². The molecule has 2 unspecified atom stereocenters. The molecule has 0 bridgehead atoms. The normalized spacial score (nSPS) is 21.7. The molecular weight excluding hydrogens is 520 g/mol. The number of para-hydroxylation sites is 1. The van der Waals surface area contributed by atoms with E-state index in [1.165, 1.54) is 4.90 Å². The van der Waals surface area contributed by atoms with Crippen molar-refractivity contribution in [3.05, 3.63) is 53.9 Å². The zero-order chi connectivity index (χ0) is 28.7. The fourth-order valence-electron chi connectivity index (χ4n) is 5.86. The monoisotopic (exact) mass is 560 g/mol. The molecule has 0 radical (unpaired) electrons. The summed E-state index contributed by atoms with van der Waals surface area (Å²) in [6.07, 6.45) is 7.14. The lowest BCUT2D eigenvalue weighted by atomic mass is 9.85. The number of aromatic nitrogens is 6. The van der Waals surface area contributed by atoms with Crippen LogP contribution in [0, 0.1) is 5.41 Å². The molecule has 3 fully saturated rings. The van der Waals surface area contributed by atoms with E-state index in [0.29, 0.717) is 31.2 Å². The maximum Gasteiger partial charge on any atom is 0.248 e. The van der Waals surface area contributed by atoms with Crippen LogP contribution in [-0.4, -0.2) is 76.8 Å². The smallest absolute Gasteiger partial charge is 0.248 e. The van der Waals surface area contributed by atoms with Gasteiger partial charge in [-0.15, -0.1) is 15.3 Å². The van der Waals surface area contributed by atoms with E-state index in [4.69, 9.17) is 0 Å². The predicted octanol–water partition coefficient (Wildman–Crippen LogP) is 2.91. The van der Waals surface area contributed by atoms with Gasteiger partial charge in [-0.05, 0) is 49.7 Å². The van der Waals surface area contributed by atoms with Gasteiger partial charge in [0.1, 0.15) is 23.7 Å². The van der Waals surface area contributed by atoms with Crippen LogP contribution in [0.25, 0.3) is 5.69 Å². The standard InChI is InChI=1S/C30H40N8O3/c1-30(2,3)26(37-18-23(32-35-37)19-11-12-19)29(41)36-17-22(39)16-24(36)28(40)31-15-7-10-25-33-34-27(20-13-14-20)38(25)21-8-5-4-6-9-21/h4-6,8-9,18-20,22,24,26,39H,7,10-17H2,1-3H3,(H,31,40)/t22?,24?,26-/m1/s1. The van der Waals surface area contributed by atoms with E-state index in [1.807, 2.05) is 45.2 Å². The van der Waals surface area contributed by atoms with E-state index < -0.39 is 23.6 Å². The summed E-state index contributed by atoms with van der Waals surface area (Å²) in [5.41, 5.74) is 1.50. The summed E-state index contributed by atoms with van der Waals surface area (Å²) in [6, 6.07) is 8.78. The molecule has 1 aromatic carbocycles. The van der Waals surface area contributed by atoms with Crippen LogP contribution < -0.4 is 5.32 Å². The number of amides is 2. The third-order valence-electron chi connectivity index (χ3n) is 8.30. The Hall–Kier alpha value is -3.60. The van der Waals surface area contributed by atoms with Crippen LogP contribution in [-0.2, 0) is 16.0 Å². The van der Waals surface area contributed by atoms with Crippen molar-refractivity contribution in [2.45, 2.75) is 95.7 Å². The number of carbonyl (C=O) groups is 2. The number of hydrogen-bond donors (Lipinski definition) is 2. The van der Waals surface area contributed by atoms with Crippen LogP contribution >= 0.6 is 0 Å². The predicted molar refractivity (Wildman–Crippen MR) is 151 cm³/mol. The van der Waals surface area contributed by atoms with Gasteiger partial charge in [-0.25, -0.2) is 4.68 Å². The van der Waals surface area contributed by atoms with Crippen LogP contribution in [0.15, 0.2) is 36.5 Å². The number of benzene rings is 1. The van der Waals surface area contributed by atoms with Crippen LogP contribution in [0.1, 0.15) is 94.5 Å². The summed E-state index contributed by atoms with van der Waals surface area (Å²) in [6.45, 7) is 6.51. The Balaban J connectivity index is 1.10. The lowest BCUT2D eigenvalue weighted by Crippen LogP contribution is -2.50. The quantitative estimate of drug-likeness (QED) is 0.365. The zero-order valence-corrected chi connectivity index (χ0v) is 24.1. The molecule has 2 saturated carbocycles. The number of hydrogen-bond acceptors (Lipinski definition) is 7. The van der Waals surface area contributed by atoms with E-state index in [0.717, 1.165) is 48.7 Å². The molecular formula is C30H40N8O3. The Morgan fingerprint density at radius 2 is 1.78 bits per heavy atom. The number of rotatable bonds is 10. The molecule has 0 spiro atoms. The Kier molecular flexibility index (Phi) is 7.39. The van der Waals surface area contributed by atoms with Gasteiger partial charge in [0.25, 0.3) is 0 Å². The second kappa shape index (κ2) is 11.0. The summed E-state index contributed by atoms with van der Waals surface area (Å²) in [5, 5.41) is 31.1. The maximum absolute atomic E-state index is 13.9. The average molecular weight is 561 g/mol. The van der Waals surface area contributed by atoms with Crippen molar-refractivity contribution in [2.75, 3.05) is 13.1 Å². The second-order valence-electron chi connectivity index (χ2n) is 12.9. The van der Waals surface area contributed by atoms with Crippen LogP contribution in [0.4, 0.5) is 0 Å². The summed E-state index contributed by atoms with van der Waals surface area (Å²) < 4.78 is 3.80. The van der Waals surface area contributed by atoms with Crippen molar-refractivity contribution in [1.82, 2.24) is 40.0 Å². The Labute approximate surface area is 240 Å². The Morgan fingerprint density at radius 1 is 1.05 bits per heavy atom. The lowest BCUT2D eigenvalue weighted by molar-refractivity contribution is -0.144. The number of aliphatic hydroxyl groups is 1. The first-order valence-corrected chi connectivity index (χ1v) is 14.9. The molecule has 3 heterocycles. The third-order valence-corrected chi connectivity index (χ3v) is 8.30. The van der Waals surface area contributed by atoms with Gasteiger partial charge in [0, 0.05) is 49.7 Å². The highest BCUT2D eigenvalue weighted by molar-refractivity contribution is 5.90.